The molecule has 160 valence electrons. The van der Waals surface area contributed by atoms with Gasteiger partial charge in [-0.25, -0.2) is 14.4 Å². The molecule has 1 heterocycles. The topological polar surface area (TPSA) is 90.1 Å². The number of aromatic nitrogens is 2. The molecule has 3 aromatic carbocycles. The Bertz CT molecular complexity index is 1230. The minimum atomic E-state index is -0.307. The molecule has 1 aromatic heterocycles. The van der Waals surface area contributed by atoms with Crippen LogP contribution in [-0.2, 0) is 0 Å². The molecule has 8 heteroatoms. The van der Waals surface area contributed by atoms with Gasteiger partial charge in [0.15, 0.2) is 0 Å². The highest BCUT2D eigenvalue weighted by molar-refractivity contribution is 7.99. The van der Waals surface area contributed by atoms with Crippen LogP contribution in [0.2, 0.25) is 0 Å². The second kappa shape index (κ2) is 9.49. The molecule has 0 saturated carbocycles. The second-order valence-corrected chi connectivity index (χ2v) is 7.94. The third kappa shape index (κ3) is 5.04. The number of anilines is 2. The summed E-state index contributed by atoms with van der Waals surface area (Å²) in [5.74, 6) is -0.587. The number of amides is 1. The summed E-state index contributed by atoms with van der Waals surface area (Å²) >= 11 is 1.48. The first kappa shape index (κ1) is 21.3. The Labute approximate surface area is 188 Å². The molecule has 4 aromatic rings. The van der Waals surface area contributed by atoms with Crippen LogP contribution >= 0.6 is 11.8 Å². The van der Waals surface area contributed by atoms with Crippen molar-refractivity contribution in [3.8, 4) is 17.1 Å². The van der Waals surface area contributed by atoms with Crippen LogP contribution in [0.1, 0.15) is 10.4 Å². The number of hydrogen-bond donors (Lipinski definition) is 2. The number of carbonyl (C=O) groups is 1. The van der Waals surface area contributed by atoms with Crippen LogP contribution < -0.4 is 15.8 Å². The van der Waals surface area contributed by atoms with Crippen molar-refractivity contribution < 1.29 is 13.9 Å². The monoisotopic (exact) mass is 446 g/mol. The minimum absolute atomic E-state index is 0.280. The number of nitrogens with two attached hydrogens (primary N) is 1. The lowest BCUT2D eigenvalue weighted by molar-refractivity contribution is 0.102. The molecule has 0 radical (unpaired) electrons. The smallest absolute Gasteiger partial charge is 0.316 e. The molecule has 1 amide bonds. The predicted molar refractivity (Wildman–Crippen MR) is 123 cm³/mol. The summed E-state index contributed by atoms with van der Waals surface area (Å²) < 4.78 is 18.2. The SMILES string of the molecule is COc1ncc(Sc2ccc(C(=O)Nc3cc(-c4ccc(F)cc4)ccc3N)cc2)cn1. The first-order valence-electron chi connectivity index (χ1n) is 9.62. The van der Waals surface area contributed by atoms with E-state index in [0.29, 0.717) is 22.9 Å². The summed E-state index contributed by atoms with van der Waals surface area (Å²) in [4.78, 5) is 22.7. The van der Waals surface area contributed by atoms with Gasteiger partial charge in [0.1, 0.15) is 5.82 Å². The third-order valence-corrected chi connectivity index (χ3v) is 5.57. The number of nitrogens with one attached hydrogen (secondary N) is 1. The van der Waals surface area contributed by atoms with Gasteiger partial charge in [-0.2, -0.15) is 0 Å². The lowest BCUT2D eigenvalue weighted by atomic mass is 10.0. The number of nitrogen functional groups attached to an aromatic ring is 1. The molecule has 0 aliphatic heterocycles. The van der Waals surface area contributed by atoms with Gasteiger partial charge < -0.3 is 15.8 Å². The Morgan fingerprint density at radius 1 is 0.938 bits per heavy atom. The Balaban J connectivity index is 1.46. The molecule has 3 N–H and O–H groups in total. The van der Waals surface area contributed by atoms with E-state index >= 15 is 0 Å². The fourth-order valence-corrected chi connectivity index (χ4v) is 3.71. The zero-order valence-electron chi connectivity index (χ0n) is 17.1. The fraction of sp³-hybridized carbons (Fsp3) is 0.0417. The quantitative estimate of drug-likeness (QED) is 0.392. The van der Waals surface area contributed by atoms with Gasteiger partial charge >= 0.3 is 6.01 Å². The highest BCUT2D eigenvalue weighted by atomic mass is 32.2. The Morgan fingerprint density at radius 3 is 2.25 bits per heavy atom. The highest BCUT2D eigenvalue weighted by Crippen LogP contribution is 2.29. The minimum Gasteiger partial charge on any atom is -0.467 e. The summed E-state index contributed by atoms with van der Waals surface area (Å²) in [5, 5.41) is 2.85. The molecular weight excluding hydrogens is 427 g/mol. The van der Waals surface area contributed by atoms with Crippen molar-refractivity contribution in [2.75, 3.05) is 18.2 Å². The van der Waals surface area contributed by atoms with Crippen molar-refractivity contribution in [3.63, 3.8) is 0 Å². The highest BCUT2D eigenvalue weighted by Gasteiger charge is 2.10. The number of rotatable bonds is 6. The maximum absolute atomic E-state index is 13.2. The predicted octanol–water partition coefficient (Wildman–Crippen LogP) is 5.28. The van der Waals surface area contributed by atoms with E-state index in [9.17, 15) is 9.18 Å². The normalized spacial score (nSPS) is 10.6. The first-order valence-corrected chi connectivity index (χ1v) is 10.4. The third-order valence-electron chi connectivity index (χ3n) is 4.62. The lowest BCUT2D eigenvalue weighted by Crippen LogP contribution is -2.13. The van der Waals surface area contributed by atoms with E-state index in [0.717, 1.165) is 20.9 Å². The van der Waals surface area contributed by atoms with E-state index < -0.39 is 0 Å². The largest absolute Gasteiger partial charge is 0.467 e. The van der Waals surface area contributed by atoms with Crippen molar-refractivity contribution in [2.24, 2.45) is 0 Å². The average Bonchev–Trinajstić information content (AvgIpc) is 2.82. The molecule has 0 aliphatic rings. The number of carbonyl (C=O) groups excluding carboxylic acids is 1. The fourth-order valence-electron chi connectivity index (χ4n) is 2.95. The summed E-state index contributed by atoms with van der Waals surface area (Å²) in [7, 11) is 1.51. The van der Waals surface area contributed by atoms with Crippen molar-refractivity contribution >= 4 is 29.0 Å². The van der Waals surface area contributed by atoms with Gasteiger partial charge in [-0.3, -0.25) is 4.79 Å². The van der Waals surface area contributed by atoms with Gasteiger partial charge in [0.05, 0.1) is 18.5 Å². The molecule has 0 aliphatic carbocycles. The Morgan fingerprint density at radius 2 is 1.59 bits per heavy atom. The van der Waals surface area contributed by atoms with Gasteiger partial charge in [0.25, 0.3) is 5.91 Å². The molecule has 32 heavy (non-hydrogen) atoms. The molecule has 4 rings (SSSR count). The summed E-state index contributed by atoms with van der Waals surface area (Å²) in [5.41, 5.74) is 9.12. The van der Waals surface area contributed by atoms with Crippen LogP contribution in [0.25, 0.3) is 11.1 Å². The van der Waals surface area contributed by atoms with Crippen LogP contribution in [0, 0.1) is 5.82 Å². The van der Waals surface area contributed by atoms with Crippen LogP contribution in [0.5, 0.6) is 6.01 Å². The Kier molecular flexibility index (Phi) is 6.32. The van der Waals surface area contributed by atoms with Crippen molar-refractivity contribution in [3.05, 3.63) is 90.5 Å². The van der Waals surface area contributed by atoms with E-state index in [1.165, 1.54) is 31.0 Å². The molecule has 0 spiro atoms. The van der Waals surface area contributed by atoms with E-state index in [2.05, 4.69) is 15.3 Å². The molecule has 0 bridgehead atoms. The van der Waals surface area contributed by atoms with Gasteiger partial charge in [-0.15, -0.1) is 0 Å². The number of ether oxygens (including phenoxy) is 1. The number of nitrogens with zero attached hydrogens (tertiary/aromatic N) is 2. The number of methoxy groups -OCH3 is 1. The first-order chi connectivity index (χ1) is 15.5. The zero-order valence-corrected chi connectivity index (χ0v) is 17.9. The van der Waals surface area contributed by atoms with Gasteiger partial charge in [0, 0.05) is 27.7 Å². The van der Waals surface area contributed by atoms with E-state index in [1.54, 1.807) is 48.8 Å². The molecular formula is C24H19FN4O2S. The van der Waals surface area contributed by atoms with E-state index in [-0.39, 0.29) is 11.7 Å². The summed E-state index contributed by atoms with van der Waals surface area (Å²) in [6, 6.07) is 18.9. The van der Waals surface area contributed by atoms with E-state index in [1.807, 2.05) is 18.2 Å². The zero-order chi connectivity index (χ0) is 22.5. The van der Waals surface area contributed by atoms with Crippen molar-refractivity contribution in [1.29, 1.82) is 0 Å². The molecule has 0 unspecified atom stereocenters. The number of benzene rings is 3. The van der Waals surface area contributed by atoms with Crippen LogP contribution in [0.3, 0.4) is 0 Å². The molecule has 0 fully saturated rings. The summed E-state index contributed by atoms with van der Waals surface area (Å²) in [6.45, 7) is 0. The number of hydrogen-bond acceptors (Lipinski definition) is 6. The maximum Gasteiger partial charge on any atom is 0.316 e. The van der Waals surface area contributed by atoms with Crippen LogP contribution in [-0.4, -0.2) is 23.0 Å². The lowest BCUT2D eigenvalue weighted by Gasteiger charge is -2.11. The standard InChI is InChI=1S/C24H19FN4O2S/c1-31-24-27-13-20(14-28-24)32-19-9-4-16(5-10-19)23(30)29-22-12-17(6-11-21(22)26)15-2-7-18(25)8-3-15/h2-14H,26H2,1H3,(H,29,30). The van der Waals surface area contributed by atoms with Gasteiger partial charge in [-0.05, 0) is 59.7 Å². The second-order valence-electron chi connectivity index (χ2n) is 6.79. The Hall–Kier alpha value is -3.91. The molecule has 0 atom stereocenters. The van der Waals surface area contributed by atoms with Gasteiger partial charge in [-0.1, -0.05) is 30.0 Å². The van der Waals surface area contributed by atoms with E-state index in [4.69, 9.17) is 10.5 Å². The average molecular weight is 447 g/mol. The van der Waals surface area contributed by atoms with Crippen LogP contribution in [0.4, 0.5) is 15.8 Å². The van der Waals surface area contributed by atoms with Gasteiger partial charge in [0.2, 0.25) is 0 Å². The van der Waals surface area contributed by atoms with Crippen molar-refractivity contribution in [2.45, 2.75) is 9.79 Å². The molecule has 0 saturated heterocycles. The van der Waals surface area contributed by atoms with Crippen molar-refractivity contribution in [1.82, 2.24) is 9.97 Å². The van der Waals surface area contributed by atoms with Crippen LogP contribution in [0.15, 0.2) is 88.9 Å². The maximum atomic E-state index is 13.2. The number of halogens is 1. The molecule has 6 nitrogen and oxygen atoms in total. The summed E-state index contributed by atoms with van der Waals surface area (Å²) in [6.07, 6.45) is 3.35.